The summed E-state index contributed by atoms with van der Waals surface area (Å²) in [5, 5.41) is 2.89. The average molecular weight is 282 g/mol. The lowest BCUT2D eigenvalue weighted by molar-refractivity contribution is -0.142. The molecule has 1 N–H and O–H groups in total. The van der Waals surface area contributed by atoms with Crippen LogP contribution in [0.5, 0.6) is 0 Å². The van der Waals surface area contributed by atoms with Gasteiger partial charge in [0.25, 0.3) is 0 Å². The molecule has 114 valence electrons. The van der Waals surface area contributed by atoms with E-state index >= 15 is 0 Å². The number of nitrogens with zero attached hydrogens (tertiary/aromatic N) is 1. The van der Waals surface area contributed by atoms with Gasteiger partial charge in [0.05, 0.1) is 20.2 Å². The lowest BCUT2D eigenvalue weighted by Gasteiger charge is -2.28. The van der Waals surface area contributed by atoms with Crippen molar-refractivity contribution in [1.29, 1.82) is 0 Å². The van der Waals surface area contributed by atoms with Crippen LogP contribution in [-0.4, -0.2) is 49.1 Å². The molecule has 0 fully saturated rings. The summed E-state index contributed by atoms with van der Waals surface area (Å²) in [5.74, 6) is 2.15. The molecule has 0 bridgehead atoms. The molecule has 0 heterocycles. The Balaban J connectivity index is 4.60. The summed E-state index contributed by atoms with van der Waals surface area (Å²) in [6, 6.07) is 0. The number of amides is 1. The topological polar surface area (TPSA) is 58.6 Å². The van der Waals surface area contributed by atoms with Gasteiger partial charge < -0.3 is 10.1 Å². The van der Waals surface area contributed by atoms with Gasteiger partial charge in [0.15, 0.2) is 0 Å². The predicted octanol–water partition coefficient (Wildman–Crippen LogP) is 1.18. The first-order chi connectivity index (χ1) is 9.46. The fourth-order valence-electron chi connectivity index (χ4n) is 1.95. The van der Waals surface area contributed by atoms with E-state index in [0.29, 0.717) is 19.4 Å². The van der Waals surface area contributed by atoms with Crippen molar-refractivity contribution >= 4 is 11.9 Å². The van der Waals surface area contributed by atoms with Crippen molar-refractivity contribution in [2.24, 2.45) is 0 Å². The highest BCUT2D eigenvalue weighted by Gasteiger charge is 2.26. The van der Waals surface area contributed by atoms with E-state index < -0.39 is 5.54 Å². The quantitative estimate of drug-likeness (QED) is 0.509. The van der Waals surface area contributed by atoms with Crippen LogP contribution in [0.1, 0.15) is 40.0 Å². The second kappa shape index (κ2) is 9.38. The summed E-state index contributed by atoms with van der Waals surface area (Å²) < 4.78 is 4.63. The number of esters is 1. The minimum absolute atomic E-state index is 0.110. The van der Waals surface area contributed by atoms with Crippen LogP contribution in [0.15, 0.2) is 0 Å². The van der Waals surface area contributed by atoms with Crippen LogP contribution < -0.4 is 5.32 Å². The van der Waals surface area contributed by atoms with Gasteiger partial charge in [-0.25, -0.2) is 0 Å². The van der Waals surface area contributed by atoms with Gasteiger partial charge >= 0.3 is 5.97 Å². The number of methoxy groups -OCH3 is 1. The number of nitrogens with one attached hydrogen (secondary N) is 1. The first-order valence-electron chi connectivity index (χ1n) is 7.04. The molecule has 0 saturated carbocycles. The summed E-state index contributed by atoms with van der Waals surface area (Å²) in [6.45, 7) is 6.80. The normalized spacial score (nSPS) is 11.0. The molecule has 0 aromatic carbocycles. The van der Waals surface area contributed by atoms with Crippen molar-refractivity contribution in [2.45, 2.75) is 45.6 Å². The highest BCUT2D eigenvalue weighted by atomic mass is 16.5. The standard InChI is InChI=1S/C15H26N2O3/c1-6-10-17(12-14(19)20-5)11-13(18)16-15(7-2,8-3)9-4/h2H,6,8-12H2,1,3-5H3,(H,16,18). The molecule has 0 spiro atoms. The van der Waals surface area contributed by atoms with E-state index in [9.17, 15) is 9.59 Å². The van der Waals surface area contributed by atoms with Crippen molar-refractivity contribution < 1.29 is 14.3 Å². The number of carbonyl (C=O) groups is 2. The molecule has 0 saturated heterocycles. The highest BCUT2D eigenvalue weighted by molar-refractivity contribution is 5.80. The summed E-state index contributed by atoms with van der Waals surface area (Å²) in [7, 11) is 1.34. The predicted molar refractivity (Wildman–Crippen MR) is 79.0 cm³/mol. The van der Waals surface area contributed by atoms with Gasteiger partial charge in [0.1, 0.15) is 5.54 Å². The first kappa shape index (κ1) is 18.5. The van der Waals surface area contributed by atoms with E-state index in [2.05, 4.69) is 16.0 Å². The first-order valence-corrected chi connectivity index (χ1v) is 7.04. The Morgan fingerprint density at radius 3 is 2.25 bits per heavy atom. The van der Waals surface area contributed by atoms with Crippen LogP contribution in [0.3, 0.4) is 0 Å². The Bertz CT molecular complexity index is 357. The molecule has 0 unspecified atom stereocenters. The van der Waals surface area contributed by atoms with Crippen LogP contribution in [0.4, 0.5) is 0 Å². The molecule has 5 heteroatoms. The molecule has 5 nitrogen and oxygen atoms in total. The van der Waals surface area contributed by atoms with Crippen molar-refractivity contribution in [2.75, 3.05) is 26.7 Å². The molecular weight excluding hydrogens is 256 g/mol. The number of terminal acetylenes is 1. The zero-order chi connectivity index (χ0) is 15.6. The largest absolute Gasteiger partial charge is 0.468 e. The van der Waals surface area contributed by atoms with E-state index in [1.807, 2.05) is 20.8 Å². The molecule has 0 aliphatic heterocycles. The summed E-state index contributed by atoms with van der Waals surface area (Å²) >= 11 is 0. The van der Waals surface area contributed by atoms with E-state index in [1.165, 1.54) is 7.11 Å². The maximum Gasteiger partial charge on any atom is 0.319 e. The van der Waals surface area contributed by atoms with Crippen LogP contribution >= 0.6 is 0 Å². The summed E-state index contributed by atoms with van der Waals surface area (Å²) in [6.07, 6.45) is 7.72. The highest BCUT2D eigenvalue weighted by Crippen LogP contribution is 2.13. The number of hydrogen-bond acceptors (Lipinski definition) is 4. The smallest absolute Gasteiger partial charge is 0.319 e. The number of carbonyl (C=O) groups excluding carboxylic acids is 2. The molecule has 0 rings (SSSR count). The van der Waals surface area contributed by atoms with Gasteiger partial charge in [0, 0.05) is 0 Å². The lowest BCUT2D eigenvalue weighted by atomic mass is 9.94. The Kier molecular flexibility index (Phi) is 8.66. The van der Waals surface area contributed by atoms with E-state index in [4.69, 9.17) is 6.42 Å². The summed E-state index contributed by atoms with van der Waals surface area (Å²) in [5.41, 5.74) is -0.597. The zero-order valence-corrected chi connectivity index (χ0v) is 13.0. The second-order valence-corrected chi connectivity index (χ2v) is 4.77. The minimum atomic E-state index is -0.597. The third-order valence-electron chi connectivity index (χ3n) is 3.35. The molecule has 0 atom stereocenters. The molecule has 0 radical (unpaired) electrons. The molecular formula is C15H26N2O3. The average Bonchev–Trinajstić information content (AvgIpc) is 2.45. The van der Waals surface area contributed by atoms with Gasteiger partial charge in [-0.05, 0) is 25.8 Å². The molecule has 0 aliphatic carbocycles. The maximum atomic E-state index is 12.1. The number of ether oxygens (including phenoxy) is 1. The molecule has 1 amide bonds. The van der Waals surface area contributed by atoms with E-state index in [-0.39, 0.29) is 25.0 Å². The van der Waals surface area contributed by atoms with Gasteiger partial charge in [-0.1, -0.05) is 26.7 Å². The van der Waals surface area contributed by atoms with E-state index in [1.54, 1.807) is 4.90 Å². The Hall–Kier alpha value is -1.54. The number of rotatable bonds is 9. The zero-order valence-electron chi connectivity index (χ0n) is 13.0. The van der Waals surface area contributed by atoms with Gasteiger partial charge in [-0.15, -0.1) is 6.42 Å². The van der Waals surface area contributed by atoms with Crippen molar-refractivity contribution in [3.8, 4) is 12.3 Å². The minimum Gasteiger partial charge on any atom is -0.468 e. The third kappa shape index (κ3) is 6.07. The Morgan fingerprint density at radius 1 is 1.25 bits per heavy atom. The fourth-order valence-corrected chi connectivity index (χ4v) is 1.95. The molecule has 0 aromatic rings. The monoisotopic (exact) mass is 282 g/mol. The van der Waals surface area contributed by atoms with Crippen LogP contribution in [0.25, 0.3) is 0 Å². The lowest BCUT2D eigenvalue weighted by Crippen LogP contribution is -2.50. The van der Waals surface area contributed by atoms with Crippen LogP contribution in [0, 0.1) is 12.3 Å². The van der Waals surface area contributed by atoms with Gasteiger partial charge in [-0.3, -0.25) is 14.5 Å². The van der Waals surface area contributed by atoms with E-state index in [0.717, 1.165) is 6.42 Å². The fraction of sp³-hybridized carbons (Fsp3) is 0.733. The van der Waals surface area contributed by atoms with Crippen molar-refractivity contribution in [3.05, 3.63) is 0 Å². The maximum absolute atomic E-state index is 12.1. The van der Waals surface area contributed by atoms with Crippen LogP contribution in [0.2, 0.25) is 0 Å². The molecule has 0 aromatic heterocycles. The number of hydrogen-bond donors (Lipinski definition) is 1. The Labute approximate surface area is 122 Å². The second-order valence-electron chi connectivity index (χ2n) is 4.77. The molecule has 0 aliphatic rings. The summed E-state index contributed by atoms with van der Waals surface area (Å²) in [4.78, 5) is 25.2. The third-order valence-corrected chi connectivity index (χ3v) is 3.35. The van der Waals surface area contributed by atoms with Crippen LogP contribution in [-0.2, 0) is 14.3 Å². The Morgan fingerprint density at radius 2 is 1.85 bits per heavy atom. The molecule has 20 heavy (non-hydrogen) atoms. The van der Waals surface area contributed by atoms with Crippen molar-refractivity contribution in [1.82, 2.24) is 10.2 Å². The van der Waals surface area contributed by atoms with Crippen molar-refractivity contribution in [3.63, 3.8) is 0 Å². The van der Waals surface area contributed by atoms with Gasteiger partial charge in [-0.2, -0.15) is 0 Å². The van der Waals surface area contributed by atoms with Gasteiger partial charge in [0.2, 0.25) is 5.91 Å². The SMILES string of the molecule is C#CC(CC)(CC)NC(=O)CN(CCC)CC(=O)OC.